The largest absolute Gasteiger partial charge is 0.390 e. The zero-order chi connectivity index (χ0) is 17.8. The van der Waals surface area contributed by atoms with Crippen molar-refractivity contribution in [1.82, 2.24) is 15.2 Å². The molecule has 0 aliphatic carbocycles. The third kappa shape index (κ3) is 4.42. The van der Waals surface area contributed by atoms with E-state index in [-0.39, 0.29) is 11.9 Å². The fraction of sp³-hybridized carbons (Fsp3) is 0.389. The van der Waals surface area contributed by atoms with E-state index in [1.54, 1.807) is 35.6 Å². The number of amides is 1. The third-order valence-corrected chi connectivity index (χ3v) is 5.13. The van der Waals surface area contributed by atoms with Gasteiger partial charge in [0.1, 0.15) is 0 Å². The molecule has 130 valence electrons. The fourth-order valence-electron chi connectivity index (χ4n) is 2.97. The average Bonchev–Trinajstić information content (AvgIpc) is 3.02. The fourth-order valence-corrected chi connectivity index (χ4v) is 3.57. The first-order chi connectivity index (χ1) is 12.0. The number of likely N-dealkylation sites (tertiary alicyclic amines) is 1. The second-order valence-electron chi connectivity index (χ2n) is 6.22. The summed E-state index contributed by atoms with van der Waals surface area (Å²) < 4.78 is 0. The molecule has 0 radical (unpaired) electrons. The minimum absolute atomic E-state index is 0.225. The highest BCUT2D eigenvalue weighted by atomic mass is 32.1. The molecule has 1 amide bonds. The van der Waals surface area contributed by atoms with Crippen molar-refractivity contribution in [2.24, 2.45) is 0 Å². The van der Waals surface area contributed by atoms with Gasteiger partial charge in [-0.1, -0.05) is 0 Å². The standard InChI is InChI=1S/C18H20N4O2S/c1-12-20-15(11-25-12)9-22-7-6-16(17(23)10-22)21-18(24)14-4-2-13(8-19)3-5-14/h2-5,11,16-17,23H,6-7,9-10H2,1H3,(H,21,24). The number of thiazole rings is 1. The summed E-state index contributed by atoms with van der Waals surface area (Å²) in [5.41, 5.74) is 2.03. The molecule has 2 atom stereocenters. The van der Waals surface area contributed by atoms with Crippen molar-refractivity contribution in [3.05, 3.63) is 51.5 Å². The van der Waals surface area contributed by atoms with Crippen LogP contribution in [0.4, 0.5) is 0 Å². The van der Waals surface area contributed by atoms with Crippen molar-refractivity contribution in [2.75, 3.05) is 13.1 Å². The average molecular weight is 356 g/mol. The minimum Gasteiger partial charge on any atom is -0.390 e. The number of benzene rings is 1. The van der Waals surface area contributed by atoms with Crippen LogP contribution in [0.2, 0.25) is 0 Å². The summed E-state index contributed by atoms with van der Waals surface area (Å²) in [4.78, 5) is 18.9. The van der Waals surface area contributed by atoms with Gasteiger partial charge >= 0.3 is 0 Å². The van der Waals surface area contributed by atoms with Crippen molar-refractivity contribution in [3.8, 4) is 6.07 Å². The number of carbonyl (C=O) groups is 1. The van der Waals surface area contributed by atoms with Gasteiger partial charge in [-0.3, -0.25) is 9.69 Å². The van der Waals surface area contributed by atoms with Crippen LogP contribution in [0.15, 0.2) is 29.6 Å². The molecule has 2 heterocycles. The number of carbonyl (C=O) groups excluding carboxylic acids is 1. The first kappa shape index (κ1) is 17.5. The first-order valence-corrected chi connectivity index (χ1v) is 9.05. The lowest BCUT2D eigenvalue weighted by Crippen LogP contribution is -2.53. The number of aromatic nitrogens is 1. The maximum absolute atomic E-state index is 12.3. The van der Waals surface area contributed by atoms with Gasteiger partial charge in [0.05, 0.1) is 34.5 Å². The van der Waals surface area contributed by atoms with Crippen LogP contribution in [-0.4, -0.2) is 46.1 Å². The number of nitrogens with zero attached hydrogens (tertiary/aromatic N) is 3. The molecule has 3 rings (SSSR count). The molecule has 1 aliphatic heterocycles. The van der Waals surface area contributed by atoms with Gasteiger partial charge in [-0.05, 0) is 37.6 Å². The molecular weight excluding hydrogens is 336 g/mol. The van der Waals surface area contributed by atoms with Crippen LogP contribution >= 0.6 is 11.3 Å². The van der Waals surface area contributed by atoms with E-state index in [1.165, 1.54) is 0 Å². The predicted molar refractivity (Wildman–Crippen MR) is 95.2 cm³/mol. The van der Waals surface area contributed by atoms with E-state index < -0.39 is 6.10 Å². The summed E-state index contributed by atoms with van der Waals surface area (Å²) in [6.45, 7) is 4.01. The molecule has 1 saturated heterocycles. The van der Waals surface area contributed by atoms with E-state index in [2.05, 4.69) is 15.2 Å². The summed E-state index contributed by atoms with van der Waals surface area (Å²) in [5, 5.41) is 25.2. The molecule has 1 aliphatic rings. The normalized spacial score (nSPS) is 20.8. The number of hydrogen-bond acceptors (Lipinski definition) is 6. The van der Waals surface area contributed by atoms with Crippen LogP contribution in [0.1, 0.15) is 33.0 Å². The van der Waals surface area contributed by atoms with Crippen LogP contribution in [0.5, 0.6) is 0 Å². The molecule has 0 saturated carbocycles. The van der Waals surface area contributed by atoms with E-state index in [4.69, 9.17) is 5.26 Å². The van der Waals surface area contributed by atoms with Gasteiger partial charge in [0, 0.05) is 30.6 Å². The lowest BCUT2D eigenvalue weighted by molar-refractivity contribution is 0.0346. The number of aryl methyl sites for hydroxylation is 1. The van der Waals surface area contributed by atoms with Gasteiger partial charge in [-0.15, -0.1) is 11.3 Å². The van der Waals surface area contributed by atoms with Crippen LogP contribution in [-0.2, 0) is 6.54 Å². The first-order valence-electron chi connectivity index (χ1n) is 8.17. The smallest absolute Gasteiger partial charge is 0.251 e. The second-order valence-corrected chi connectivity index (χ2v) is 7.28. The molecule has 1 aromatic carbocycles. The Morgan fingerprint density at radius 3 is 2.84 bits per heavy atom. The van der Waals surface area contributed by atoms with Crippen LogP contribution in [0, 0.1) is 18.3 Å². The van der Waals surface area contributed by atoms with E-state index in [1.807, 2.05) is 18.4 Å². The molecule has 2 N–H and O–H groups in total. The number of nitriles is 1. The van der Waals surface area contributed by atoms with Crippen LogP contribution in [0.3, 0.4) is 0 Å². The molecule has 1 fully saturated rings. The summed E-state index contributed by atoms with van der Waals surface area (Å²) in [6, 6.07) is 8.24. The van der Waals surface area contributed by atoms with Crippen molar-refractivity contribution in [1.29, 1.82) is 5.26 Å². The molecule has 2 unspecified atom stereocenters. The Balaban J connectivity index is 1.54. The lowest BCUT2D eigenvalue weighted by atomic mass is 10.0. The SMILES string of the molecule is Cc1nc(CN2CCC(NC(=O)c3ccc(C#N)cc3)C(O)C2)cs1. The summed E-state index contributed by atoms with van der Waals surface area (Å²) >= 11 is 1.63. The molecular formula is C18H20N4O2S. The van der Waals surface area contributed by atoms with E-state index in [9.17, 15) is 9.90 Å². The van der Waals surface area contributed by atoms with Crippen LogP contribution < -0.4 is 5.32 Å². The topological polar surface area (TPSA) is 89.3 Å². The molecule has 1 aromatic heterocycles. The monoisotopic (exact) mass is 356 g/mol. The predicted octanol–water partition coefficient (Wildman–Crippen LogP) is 1.69. The summed E-state index contributed by atoms with van der Waals surface area (Å²) in [6.07, 6.45) is 0.0718. The Morgan fingerprint density at radius 2 is 2.24 bits per heavy atom. The number of β-amino-alcohol motifs (C(OH)–C–C–N with tert-alkyl or cyclic N) is 1. The molecule has 0 bridgehead atoms. The Kier molecular flexibility index (Phi) is 5.43. The van der Waals surface area contributed by atoms with Crippen molar-refractivity contribution >= 4 is 17.2 Å². The van der Waals surface area contributed by atoms with Gasteiger partial charge in [0.15, 0.2) is 0 Å². The number of rotatable bonds is 4. The Hall–Kier alpha value is -2.27. The van der Waals surface area contributed by atoms with Crippen molar-refractivity contribution < 1.29 is 9.90 Å². The molecule has 25 heavy (non-hydrogen) atoms. The molecule has 0 spiro atoms. The van der Waals surface area contributed by atoms with Gasteiger partial charge < -0.3 is 10.4 Å². The molecule has 7 heteroatoms. The summed E-state index contributed by atoms with van der Waals surface area (Å²) in [7, 11) is 0. The maximum Gasteiger partial charge on any atom is 0.251 e. The zero-order valence-electron chi connectivity index (χ0n) is 14.0. The third-order valence-electron chi connectivity index (χ3n) is 4.31. The van der Waals surface area contributed by atoms with Crippen LogP contribution in [0.25, 0.3) is 0 Å². The Labute approximate surface area is 150 Å². The minimum atomic E-state index is -0.615. The van der Waals surface area contributed by atoms with E-state index >= 15 is 0 Å². The Morgan fingerprint density at radius 1 is 1.48 bits per heavy atom. The van der Waals surface area contributed by atoms with Gasteiger partial charge in [-0.2, -0.15) is 5.26 Å². The molecule has 2 aromatic rings. The molecule has 6 nitrogen and oxygen atoms in total. The highest BCUT2D eigenvalue weighted by Crippen LogP contribution is 2.16. The Bertz CT molecular complexity index is 781. The van der Waals surface area contributed by atoms with E-state index in [0.717, 1.165) is 23.8 Å². The number of nitrogens with one attached hydrogen (secondary N) is 1. The number of piperidine rings is 1. The van der Waals surface area contributed by atoms with Crippen molar-refractivity contribution in [2.45, 2.75) is 32.0 Å². The number of hydrogen-bond donors (Lipinski definition) is 2. The quantitative estimate of drug-likeness (QED) is 0.870. The van der Waals surface area contributed by atoms with E-state index in [0.29, 0.717) is 24.1 Å². The van der Waals surface area contributed by atoms with Gasteiger partial charge in [0.25, 0.3) is 5.91 Å². The summed E-state index contributed by atoms with van der Waals surface area (Å²) in [5.74, 6) is -0.225. The van der Waals surface area contributed by atoms with Crippen molar-refractivity contribution in [3.63, 3.8) is 0 Å². The highest BCUT2D eigenvalue weighted by Gasteiger charge is 2.29. The zero-order valence-corrected chi connectivity index (χ0v) is 14.8. The maximum atomic E-state index is 12.3. The number of aliphatic hydroxyl groups is 1. The second kappa shape index (κ2) is 7.74. The highest BCUT2D eigenvalue weighted by molar-refractivity contribution is 7.09. The number of aliphatic hydroxyl groups excluding tert-OH is 1. The van der Waals surface area contributed by atoms with Gasteiger partial charge in [-0.25, -0.2) is 4.98 Å². The van der Waals surface area contributed by atoms with Gasteiger partial charge in [0.2, 0.25) is 0 Å². The lowest BCUT2D eigenvalue weighted by Gasteiger charge is -2.35.